The number of nitrogens with zero attached hydrogens (tertiary/aromatic N) is 1. The number of fused-ring (bicyclic) bond motifs is 1. The zero-order chi connectivity index (χ0) is 31.5. The Bertz CT molecular complexity index is 1940. The number of thiol groups is 1. The number of para-hydroxylation sites is 1. The summed E-state index contributed by atoms with van der Waals surface area (Å²) < 4.78 is 44.9. The molecule has 0 saturated heterocycles. The molecule has 230 valence electrons. The lowest BCUT2D eigenvalue weighted by Crippen LogP contribution is -2.16. The number of furan rings is 1. The molecular formula is C34H36N2O7S. The van der Waals surface area contributed by atoms with Crippen LogP contribution in [-0.4, -0.2) is 37.8 Å². The number of aliphatic hydroxyl groups excluding tert-OH is 1. The highest BCUT2D eigenvalue weighted by Gasteiger charge is 2.21. The molecule has 5 rings (SSSR count). The number of pyridine rings is 1. The van der Waals surface area contributed by atoms with Crippen LogP contribution in [0.4, 0.5) is 0 Å². The van der Waals surface area contributed by atoms with Gasteiger partial charge < -0.3 is 23.6 Å². The Morgan fingerprint density at radius 2 is 1.61 bits per heavy atom. The van der Waals surface area contributed by atoms with E-state index in [1.54, 1.807) is 19.3 Å². The second-order valence-corrected chi connectivity index (χ2v) is 11.7. The molecule has 2 aromatic heterocycles. The van der Waals surface area contributed by atoms with Gasteiger partial charge in [0.2, 0.25) is 10.9 Å². The summed E-state index contributed by atoms with van der Waals surface area (Å²) in [5.41, 5.74) is 6.98. The first-order valence-electron chi connectivity index (χ1n) is 14.3. The van der Waals surface area contributed by atoms with E-state index in [0.29, 0.717) is 45.8 Å². The highest BCUT2D eigenvalue weighted by Crippen LogP contribution is 2.41. The fourth-order valence-corrected chi connectivity index (χ4v) is 5.74. The first-order valence-corrected chi connectivity index (χ1v) is 15.5. The molecule has 0 aliphatic heterocycles. The highest BCUT2D eigenvalue weighted by atomic mass is 32.2. The zero-order valence-electron chi connectivity index (χ0n) is 25.4. The number of aliphatic hydroxyl groups is 1. The number of hydrogen-bond acceptors (Lipinski definition) is 7. The van der Waals surface area contributed by atoms with Gasteiger partial charge in [0.05, 0.1) is 12.0 Å². The molecule has 0 atom stereocenters. The topological polar surface area (TPSA) is 120 Å². The van der Waals surface area contributed by atoms with Crippen LogP contribution in [0, 0.1) is 27.7 Å². The monoisotopic (exact) mass is 616 g/mol. The van der Waals surface area contributed by atoms with Gasteiger partial charge in [0.25, 0.3) is 5.56 Å². The summed E-state index contributed by atoms with van der Waals surface area (Å²) in [7, 11) is -1.00. The minimum absolute atomic E-state index is 0.0816. The minimum atomic E-state index is -2.70. The maximum atomic E-state index is 13.4. The first-order chi connectivity index (χ1) is 21.1. The molecule has 0 bridgehead atoms. The van der Waals surface area contributed by atoms with Gasteiger partial charge >= 0.3 is 0 Å². The van der Waals surface area contributed by atoms with Crippen molar-refractivity contribution in [3.63, 3.8) is 0 Å². The van der Waals surface area contributed by atoms with Gasteiger partial charge in [0, 0.05) is 36.5 Å². The maximum Gasteiger partial charge on any atom is 0.261 e. The number of hydrogen-bond donors (Lipinski definition) is 3. The minimum Gasteiger partial charge on any atom is -0.491 e. The number of benzene rings is 3. The van der Waals surface area contributed by atoms with Crippen molar-refractivity contribution in [2.45, 2.75) is 34.1 Å². The van der Waals surface area contributed by atoms with Crippen LogP contribution in [0.25, 0.3) is 33.4 Å². The summed E-state index contributed by atoms with van der Waals surface area (Å²) in [6.45, 7) is 8.19. The summed E-state index contributed by atoms with van der Waals surface area (Å²) in [6, 6.07) is 17.3. The normalized spacial score (nSPS) is 11.4. The molecule has 2 N–H and O–H groups in total. The Balaban J connectivity index is 1.68. The zero-order valence-corrected chi connectivity index (χ0v) is 26.3. The molecule has 0 saturated carbocycles. The van der Waals surface area contributed by atoms with Gasteiger partial charge in [0.15, 0.2) is 0 Å². The van der Waals surface area contributed by atoms with Crippen LogP contribution < -0.4 is 19.8 Å². The van der Waals surface area contributed by atoms with Gasteiger partial charge in [-0.3, -0.25) is 4.79 Å². The Labute approximate surface area is 257 Å². The standard InChI is InChI=1S/C34H36N2O7S/c1-20-7-6-8-21(2)32(20)42-29-10-9-24(11-12-35-44(39)40)17-26(29)28-19-36(5)34(38)27-18-30(43-33(27)28)25-15-22(3)31(23(4)16-25)41-14-13-37/h6-10,15-19,37,44H,11-14H2,1-5H3,(H,35,39,40). The molecule has 10 heteroatoms. The van der Waals surface area contributed by atoms with E-state index in [9.17, 15) is 18.3 Å². The molecule has 2 heterocycles. The maximum absolute atomic E-state index is 13.4. The van der Waals surface area contributed by atoms with Gasteiger partial charge in [0.1, 0.15) is 35.2 Å². The Hall–Kier alpha value is -4.38. The molecule has 0 unspecified atom stereocenters. The molecule has 0 fully saturated rings. The van der Waals surface area contributed by atoms with Crippen LogP contribution in [0.15, 0.2) is 70.0 Å². The number of aryl methyl sites for hydroxylation is 5. The second kappa shape index (κ2) is 13.1. The molecule has 5 aromatic rings. The predicted octanol–water partition coefficient (Wildman–Crippen LogP) is 5.52. The average Bonchev–Trinajstić information content (AvgIpc) is 3.43. The number of rotatable bonds is 11. The van der Waals surface area contributed by atoms with E-state index < -0.39 is 10.9 Å². The Morgan fingerprint density at radius 1 is 0.909 bits per heavy atom. The van der Waals surface area contributed by atoms with Gasteiger partial charge in [-0.25, -0.2) is 13.1 Å². The molecule has 0 radical (unpaired) electrons. The van der Waals surface area contributed by atoms with Crippen LogP contribution in [0.5, 0.6) is 17.2 Å². The third kappa shape index (κ3) is 6.42. The summed E-state index contributed by atoms with van der Waals surface area (Å²) in [6.07, 6.45) is 2.20. The molecule has 0 spiro atoms. The van der Waals surface area contributed by atoms with Crippen molar-refractivity contribution in [3.05, 3.63) is 99.0 Å². The van der Waals surface area contributed by atoms with Crippen molar-refractivity contribution < 1.29 is 27.4 Å². The lowest BCUT2D eigenvalue weighted by atomic mass is 10.00. The Kier molecular flexibility index (Phi) is 9.24. The van der Waals surface area contributed by atoms with Crippen LogP contribution in [-0.2, 0) is 24.4 Å². The van der Waals surface area contributed by atoms with E-state index in [1.165, 1.54) is 4.57 Å². The van der Waals surface area contributed by atoms with E-state index in [-0.39, 0.29) is 25.3 Å². The molecule has 3 aromatic carbocycles. The summed E-state index contributed by atoms with van der Waals surface area (Å²) in [5, 5.41) is 9.61. The van der Waals surface area contributed by atoms with Crippen molar-refractivity contribution >= 4 is 21.9 Å². The second-order valence-electron chi connectivity index (χ2n) is 10.9. The van der Waals surface area contributed by atoms with Crippen LogP contribution in [0.3, 0.4) is 0 Å². The number of ether oxygens (including phenoxy) is 2. The van der Waals surface area contributed by atoms with Crippen LogP contribution in [0.2, 0.25) is 0 Å². The quantitative estimate of drug-likeness (QED) is 0.167. The first kappa shape index (κ1) is 31.1. The number of aromatic nitrogens is 1. The molecule has 9 nitrogen and oxygen atoms in total. The fraction of sp³-hybridized carbons (Fsp3) is 0.265. The summed E-state index contributed by atoms with van der Waals surface area (Å²) in [5.74, 6) is 2.55. The molecule has 0 amide bonds. The van der Waals surface area contributed by atoms with E-state index in [4.69, 9.17) is 13.9 Å². The van der Waals surface area contributed by atoms with E-state index in [0.717, 1.165) is 39.1 Å². The SMILES string of the molecule is Cc1cc(-c2cc3c(=O)n(C)cc(-c4cc(CCN[SH](=O)=O)ccc4Oc4c(C)cccc4C)c3o2)cc(C)c1OCCO. The van der Waals surface area contributed by atoms with Gasteiger partial charge in [-0.15, -0.1) is 0 Å². The van der Waals surface area contributed by atoms with Crippen molar-refractivity contribution in [2.75, 3.05) is 19.8 Å². The van der Waals surface area contributed by atoms with Crippen molar-refractivity contribution in [2.24, 2.45) is 7.05 Å². The average molecular weight is 617 g/mol. The van der Waals surface area contributed by atoms with Crippen LogP contribution in [0.1, 0.15) is 27.8 Å². The number of nitrogens with one attached hydrogen (secondary N) is 1. The predicted molar refractivity (Wildman–Crippen MR) is 172 cm³/mol. The smallest absolute Gasteiger partial charge is 0.261 e. The highest BCUT2D eigenvalue weighted by molar-refractivity contribution is 7.70. The van der Waals surface area contributed by atoms with Crippen molar-refractivity contribution in [1.29, 1.82) is 0 Å². The summed E-state index contributed by atoms with van der Waals surface area (Å²) in [4.78, 5) is 13.4. The van der Waals surface area contributed by atoms with E-state index in [1.807, 2.05) is 76.2 Å². The van der Waals surface area contributed by atoms with E-state index >= 15 is 0 Å². The third-order valence-corrected chi connectivity index (χ3v) is 8.02. The largest absolute Gasteiger partial charge is 0.491 e. The van der Waals surface area contributed by atoms with Gasteiger partial charge in [-0.2, -0.15) is 0 Å². The lowest BCUT2D eigenvalue weighted by molar-refractivity contribution is 0.200. The molecule has 44 heavy (non-hydrogen) atoms. The lowest BCUT2D eigenvalue weighted by Gasteiger charge is -2.17. The third-order valence-electron chi connectivity index (χ3n) is 7.54. The van der Waals surface area contributed by atoms with Crippen molar-refractivity contribution in [3.8, 4) is 39.7 Å². The summed E-state index contributed by atoms with van der Waals surface area (Å²) >= 11 is 0. The van der Waals surface area contributed by atoms with E-state index in [2.05, 4.69) is 4.72 Å². The van der Waals surface area contributed by atoms with Gasteiger partial charge in [-0.1, -0.05) is 24.3 Å². The molecular weight excluding hydrogens is 580 g/mol. The Morgan fingerprint density at radius 3 is 2.27 bits per heavy atom. The van der Waals surface area contributed by atoms with Crippen molar-refractivity contribution in [1.82, 2.24) is 9.29 Å². The molecule has 0 aliphatic rings. The van der Waals surface area contributed by atoms with Gasteiger partial charge in [-0.05, 0) is 92.3 Å². The fourth-order valence-electron chi connectivity index (χ4n) is 5.45. The molecule has 0 aliphatic carbocycles. The van der Waals surface area contributed by atoms with Crippen LogP contribution >= 0.6 is 0 Å².